The van der Waals surface area contributed by atoms with Crippen LogP contribution in [0.4, 0.5) is 0 Å². The molecule has 40 heavy (non-hydrogen) atoms. The summed E-state index contributed by atoms with van der Waals surface area (Å²) >= 11 is 0. The van der Waals surface area contributed by atoms with E-state index >= 15 is 0 Å². The monoisotopic (exact) mass is 620 g/mol. The van der Waals surface area contributed by atoms with Crippen molar-refractivity contribution < 1.29 is 196 Å². The van der Waals surface area contributed by atoms with Gasteiger partial charge in [0.25, 0.3) is 0 Å². The average Bonchev–Trinajstić information content (AvgIpc) is 2.60. The molecule has 0 aromatic carbocycles. The molecule has 0 aliphatic carbocycles. The van der Waals surface area contributed by atoms with Crippen LogP contribution in [-0.4, -0.2) is 74.2 Å². The fourth-order valence-corrected chi connectivity index (χ4v) is 0.742. The third kappa shape index (κ3) is 269. The number of carbonyl (C=O) groups is 8. The summed E-state index contributed by atoms with van der Waals surface area (Å²) in [6.45, 7) is 9.62. The van der Waals surface area contributed by atoms with E-state index in [2.05, 4.69) is 18.9 Å². The summed E-state index contributed by atoms with van der Waals surface area (Å²) in [7, 11) is 0. The third-order valence-electron chi connectivity index (χ3n) is 1.39. The number of hydrogen-bond donors (Lipinski definition) is 0. The quantitative estimate of drug-likeness (QED) is 0.115. The molecule has 0 bridgehead atoms. The van der Waals surface area contributed by atoms with Gasteiger partial charge in [0, 0.05) is 51.6 Å². The molecule has 0 heterocycles. The van der Waals surface area contributed by atoms with E-state index in [1.165, 1.54) is 27.7 Å². The first-order valence-electron chi connectivity index (χ1n) is 9.42. The molecule has 0 unspecified atom stereocenters. The van der Waals surface area contributed by atoms with Crippen molar-refractivity contribution in [3.05, 3.63) is 0 Å². The summed E-state index contributed by atoms with van der Waals surface area (Å²) in [5, 5.41) is 35.6. The van der Waals surface area contributed by atoms with E-state index in [9.17, 15) is 19.2 Å². The topological polar surface area (TPSA) is 266 Å². The Labute approximate surface area is 321 Å². The van der Waals surface area contributed by atoms with E-state index < -0.39 is 23.9 Å². The van der Waals surface area contributed by atoms with Gasteiger partial charge in [-0.3, -0.25) is 19.2 Å². The molecule has 0 spiro atoms. The molecule has 0 aliphatic heterocycles. The van der Waals surface area contributed by atoms with Gasteiger partial charge in [-0.2, -0.15) is 0 Å². The van der Waals surface area contributed by atoms with Gasteiger partial charge in [0.2, 0.25) is 0 Å². The smallest absolute Gasteiger partial charge is 0.550 e. The number of hydrogen-bond acceptors (Lipinski definition) is 16. The maximum Gasteiger partial charge on any atom is 1.00 e. The maximum atomic E-state index is 10.1. The Kier molecular flexibility index (Phi) is 92.4. The summed E-state index contributed by atoms with van der Waals surface area (Å²) in [6, 6.07) is 0. The Morgan fingerprint density at radius 3 is 0.475 bits per heavy atom. The zero-order chi connectivity index (χ0) is 30.3. The Balaban J connectivity index is -0.0000000350. The van der Waals surface area contributed by atoms with Gasteiger partial charge >= 0.3 is 142 Å². The first-order chi connectivity index (χ1) is 16.2. The van der Waals surface area contributed by atoms with Crippen molar-refractivity contribution in [2.45, 2.75) is 55.4 Å². The molecule has 0 aliphatic rings. The molecule has 0 atom stereocenters. The molecule has 0 fully saturated rings. The van der Waals surface area contributed by atoms with Crippen molar-refractivity contribution in [3.63, 3.8) is 0 Å². The normalized spacial score (nSPS) is 6.80. The minimum atomic E-state index is -1.08. The number of rotatable bonds is 6. The second-order valence-corrected chi connectivity index (χ2v) is 5.33. The van der Waals surface area contributed by atoms with E-state index in [-0.39, 0.29) is 169 Å². The first kappa shape index (κ1) is 67.4. The Hall–Kier alpha value is -0.240. The molecule has 0 N–H and O–H groups in total. The SMILES string of the molecule is CC(=O)OCCOC(C)=O.CC(=O)OCCOC(C)=O.CC(=O)[O-].CC(=O)[O-].CC(=O)[O-].CC(=O)[O-].[Na+].[Na+].[Na+].[Na+]. The predicted molar refractivity (Wildman–Crippen MR) is 109 cm³/mol. The molecule has 16 nitrogen and oxygen atoms in total. The van der Waals surface area contributed by atoms with Crippen LogP contribution in [0.1, 0.15) is 55.4 Å². The molecule has 0 radical (unpaired) electrons. The van der Waals surface area contributed by atoms with Crippen LogP contribution in [0.2, 0.25) is 0 Å². The number of ether oxygens (including phenoxy) is 4. The summed E-state index contributed by atoms with van der Waals surface area (Å²) in [5.74, 6) is -5.81. The zero-order valence-corrected chi connectivity index (χ0v) is 33.4. The second-order valence-electron chi connectivity index (χ2n) is 5.33. The molecule has 0 saturated carbocycles. The standard InChI is InChI=1S/2C6H10O4.4C2H4O2.4Na/c2*1-5(7)9-3-4-10-6(2)8;4*1-2(3)4;;;;/h2*3-4H2,1-2H3;4*1H3,(H,3,4);;;;/q;;;;;;4*+1/p-4. The summed E-state index contributed by atoms with van der Waals surface area (Å²) in [4.78, 5) is 76.1. The Morgan fingerprint density at radius 2 is 0.425 bits per heavy atom. The van der Waals surface area contributed by atoms with Crippen LogP contribution in [0.3, 0.4) is 0 Å². The van der Waals surface area contributed by atoms with Crippen molar-refractivity contribution in [1.29, 1.82) is 0 Å². The van der Waals surface area contributed by atoms with Crippen LogP contribution in [0.15, 0.2) is 0 Å². The Bertz CT molecular complexity index is 545. The minimum absolute atomic E-state index is 0. The van der Waals surface area contributed by atoms with Crippen LogP contribution in [0.5, 0.6) is 0 Å². The second kappa shape index (κ2) is 54.8. The van der Waals surface area contributed by atoms with Gasteiger partial charge < -0.3 is 58.6 Å². The summed E-state index contributed by atoms with van der Waals surface area (Å²) < 4.78 is 17.9. The van der Waals surface area contributed by atoms with Crippen LogP contribution in [0, 0.1) is 0 Å². The van der Waals surface area contributed by atoms with Crippen molar-refractivity contribution in [1.82, 2.24) is 0 Å². The largest absolute Gasteiger partial charge is 1.00 e. The fraction of sp³-hybridized carbons (Fsp3) is 0.600. The van der Waals surface area contributed by atoms with E-state index in [4.69, 9.17) is 39.6 Å². The van der Waals surface area contributed by atoms with Crippen LogP contribution in [0.25, 0.3) is 0 Å². The molecule has 0 rings (SSSR count). The van der Waals surface area contributed by atoms with Gasteiger partial charge in [-0.25, -0.2) is 0 Å². The molecule has 20 heteroatoms. The first-order valence-corrected chi connectivity index (χ1v) is 9.42. The average molecular weight is 620 g/mol. The van der Waals surface area contributed by atoms with Crippen LogP contribution < -0.4 is 139 Å². The zero-order valence-electron chi connectivity index (χ0n) is 25.4. The van der Waals surface area contributed by atoms with Gasteiger partial charge in [-0.05, 0) is 27.7 Å². The van der Waals surface area contributed by atoms with E-state index in [0.29, 0.717) is 0 Å². The molecular formula is C20H32Na4O16. The minimum Gasteiger partial charge on any atom is -0.550 e. The summed E-state index contributed by atoms with van der Waals surface area (Å²) in [5.41, 5.74) is 0. The molecule has 212 valence electrons. The van der Waals surface area contributed by atoms with Gasteiger partial charge in [0.1, 0.15) is 26.4 Å². The molecule has 0 saturated heterocycles. The molecular weight excluding hydrogens is 588 g/mol. The van der Waals surface area contributed by atoms with Gasteiger partial charge in [-0.1, -0.05) is 0 Å². The van der Waals surface area contributed by atoms with E-state index in [1.807, 2.05) is 0 Å². The number of carbonyl (C=O) groups excluding carboxylic acids is 8. The number of carboxylic acid groups (broad SMARTS) is 4. The Morgan fingerprint density at radius 1 is 0.350 bits per heavy atom. The maximum absolute atomic E-state index is 10.1. The van der Waals surface area contributed by atoms with Crippen molar-refractivity contribution in [2.24, 2.45) is 0 Å². The number of esters is 4. The molecule has 0 aromatic rings. The summed E-state index contributed by atoms with van der Waals surface area (Å²) in [6.07, 6.45) is 0. The fourth-order valence-electron chi connectivity index (χ4n) is 0.742. The predicted octanol–water partition coefficient (Wildman–Crippen LogP) is -16.7. The van der Waals surface area contributed by atoms with Crippen molar-refractivity contribution in [3.8, 4) is 0 Å². The van der Waals surface area contributed by atoms with Gasteiger partial charge in [0.05, 0.1) is 0 Å². The van der Waals surface area contributed by atoms with Crippen LogP contribution >= 0.6 is 0 Å². The molecule has 0 amide bonds. The van der Waals surface area contributed by atoms with Crippen LogP contribution in [-0.2, 0) is 57.3 Å². The number of aliphatic carboxylic acids is 4. The van der Waals surface area contributed by atoms with Gasteiger partial charge in [-0.15, -0.1) is 0 Å². The molecule has 0 aromatic heterocycles. The van der Waals surface area contributed by atoms with Crippen molar-refractivity contribution in [2.75, 3.05) is 26.4 Å². The van der Waals surface area contributed by atoms with Crippen molar-refractivity contribution >= 4 is 47.8 Å². The van der Waals surface area contributed by atoms with E-state index in [1.54, 1.807) is 0 Å². The number of carboxylic acids is 4. The third-order valence-corrected chi connectivity index (χ3v) is 1.39. The van der Waals surface area contributed by atoms with E-state index in [0.717, 1.165) is 27.7 Å². The van der Waals surface area contributed by atoms with Gasteiger partial charge in [0.15, 0.2) is 0 Å².